The van der Waals surface area contributed by atoms with Gasteiger partial charge in [0.1, 0.15) is 0 Å². The van der Waals surface area contributed by atoms with Crippen molar-refractivity contribution in [3.63, 3.8) is 0 Å². The molecule has 0 aromatic rings. The molecule has 1 amide bonds. The Bertz CT molecular complexity index is 495. The van der Waals surface area contributed by atoms with Crippen molar-refractivity contribution < 1.29 is 13.2 Å². The van der Waals surface area contributed by atoms with Gasteiger partial charge in [0.2, 0.25) is 15.9 Å². The van der Waals surface area contributed by atoms with Gasteiger partial charge < -0.3 is 10.2 Å². The molecule has 0 aliphatic carbocycles. The van der Waals surface area contributed by atoms with Crippen molar-refractivity contribution >= 4 is 15.9 Å². The molecule has 2 atom stereocenters. The van der Waals surface area contributed by atoms with Crippen LogP contribution in [0.1, 0.15) is 39.0 Å². The third kappa shape index (κ3) is 6.04. The molecule has 2 aliphatic rings. The van der Waals surface area contributed by atoms with E-state index in [1.807, 2.05) is 0 Å². The van der Waals surface area contributed by atoms with Crippen LogP contribution in [-0.4, -0.2) is 69.1 Å². The number of nitrogens with one attached hydrogen (secondary N) is 1. The summed E-state index contributed by atoms with van der Waals surface area (Å²) in [6.45, 7) is 7.21. The average Bonchev–Trinajstić information content (AvgIpc) is 2.51. The first-order valence-electron chi connectivity index (χ1n) is 8.81. The number of piperidine rings is 2. The minimum absolute atomic E-state index is 0.00497. The maximum Gasteiger partial charge on any atom is 0.224 e. The SMILES string of the molecule is C[C@@H]1CCCN(CCCNC(=O)[C@H]2CCCN(S(C)(=O)=O)C2)C1. The Morgan fingerprint density at radius 2 is 1.91 bits per heavy atom. The summed E-state index contributed by atoms with van der Waals surface area (Å²) in [4.78, 5) is 14.7. The highest BCUT2D eigenvalue weighted by Crippen LogP contribution is 2.19. The van der Waals surface area contributed by atoms with Crippen LogP contribution in [0.15, 0.2) is 0 Å². The van der Waals surface area contributed by atoms with E-state index in [0.717, 1.165) is 31.7 Å². The Morgan fingerprint density at radius 3 is 2.61 bits per heavy atom. The number of carbonyl (C=O) groups is 1. The molecule has 1 N–H and O–H groups in total. The second-order valence-electron chi connectivity index (χ2n) is 7.15. The van der Waals surface area contributed by atoms with Gasteiger partial charge in [0.05, 0.1) is 12.2 Å². The van der Waals surface area contributed by atoms with Crippen molar-refractivity contribution in [1.82, 2.24) is 14.5 Å². The van der Waals surface area contributed by atoms with Crippen molar-refractivity contribution in [2.45, 2.75) is 39.0 Å². The number of amides is 1. The number of sulfonamides is 1. The second kappa shape index (κ2) is 8.44. The van der Waals surface area contributed by atoms with Crippen LogP contribution in [0.4, 0.5) is 0 Å². The van der Waals surface area contributed by atoms with Gasteiger partial charge in [-0.15, -0.1) is 0 Å². The van der Waals surface area contributed by atoms with Crippen LogP contribution in [0.2, 0.25) is 0 Å². The lowest BCUT2D eigenvalue weighted by atomic mass is 9.99. The predicted octanol–water partition coefficient (Wildman–Crippen LogP) is 0.896. The summed E-state index contributed by atoms with van der Waals surface area (Å²) < 4.78 is 24.6. The van der Waals surface area contributed by atoms with Gasteiger partial charge in [-0.05, 0) is 51.1 Å². The van der Waals surface area contributed by atoms with Crippen molar-refractivity contribution in [2.75, 3.05) is 45.5 Å². The number of nitrogens with zero attached hydrogens (tertiary/aromatic N) is 2. The van der Waals surface area contributed by atoms with Gasteiger partial charge in [-0.3, -0.25) is 4.79 Å². The first-order chi connectivity index (χ1) is 10.9. The molecule has 2 fully saturated rings. The predicted molar refractivity (Wildman–Crippen MR) is 91.6 cm³/mol. The molecule has 2 heterocycles. The van der Waals surface area contributed by atoms with Crippen molar-refractivity contribution in [1.29, 1.82) is 0 Å². The molecule has 0 aromatic carbocycles. The van der Waals surface area contributed by atoms with Crippen LogP contribution in [0, 0.1) is 11.8 Å². The molecule has 23 heavy (non-hydrogen) atoms. The normalized spacial score (nSPS) is 27.7. The molecule has 2 aliphatic heterocycles. The number of likely N-dealkylation sites (tertiary alicyclic amines) is 1. The summed E-state index contributed by atoms with van der Waals surface area (Å²) >= 11 is 0. The van der Waals surface area contributed by atoms with Gasteiger partial charge in [-0.25, -0.2) is 12.7 Å². The van der Waals surface area contributed by atoms with Gasteiger partial charge in [0.25, 0.3) is 0 Å². The van der Waals surface area contributed by atoms with E-state index in [2.05, 4.69) is 17.1 Å². The van der Waals surface area contributed by atoms with E-state index >= 15 is 0 Å². The van der Waals surface area contributed by atoms with Gasteiger partial charge in [0.15, 0.2) is 0 Å². The lowest BCUT2D eigenvalue weighted by Crippen LogP contribution is -2.45. The molecule has 2 rings (SSSR count). The molecule has 0 aromatic heterocycles. The fraction of sp³-hybridized carbons (Fsp3) is 0.938. The number of carbonyl (C=O) groups excluding carboxylic acids is 1. The number of hydrogen-bond donors (Lipinski definition) is 1. The molecular weight excluding hydrogens is 314 g/mol. The molecule has 6 nitrogen and oxygen atoms in total. The molecule has 7 heteroatoms. The van der Waals surface area contributed by atoms with Crippen LogP contribution in [0.5, 0.6) is 0 Å². The zero-order chi connectivity index (χ0) is 16.9. The summed E-state index contributed by atoms with van der Waals surface area (Å²) in [5.74, 6) is 0.585. The third-order valence-electron chi connectivity index (χ3n) is 4.92. The van der Waals surface area contributed by atoms with Crippen molar-refractivity contribution in [3.8, 4) is 0 Å². The van der Waals surface area contributed by atoms with Crippen LogP contribution in [-0.2, 0) is 14.8 Å². The van der Waals surface area contributed by atoms with Gasteiger partial charge in [-0.2, -0.15) is 0 Å². The molecule has 0 spiro atoms. The molecular formula is C16H31N3O3S. The minimum Gasteiger partial charge on any atom is -0.356 e. The summed E-state index contributed by atoms with van der Waals surface area (Å²) in [7, 11) is -3.19. The lowest BCUT2D eigenvalue weighted by molar-refractivity contribution is -0.126. The molecule has 0 saturated carbocycles. The van der Waals surface area contributed by atoms with E-state index in [1.165, 1.54) is 36.5 Å². The molecule has 134 valence electrons. The van der Waals surface area contributed by atoms with Crippen LogP contribution < -0.4 is 5.32 Å². The van der Waals surface area contributed by atoms with Crippen LogP contribution >= 0.6 is 0 Å². The summed E-state index contributed by atoms with van der Waals surface area (Å²) in [5.41, 5.74) is 0. The summed E-state index contributed by atoms with van der Waals surface area (Å²) in [6.07, 6.45) is 6.31. The number of rotatable bonds is 6. The zero-order valence-corrected chi connectivity index (χ0v) is 15.3. The highest BCUT2D eigenvalue weighted by atomic mass is 32.2. The summed E-state index contributed by atoms with van der Waals surface area (Å²) in [6, 6.07) is 0. The van der Waals surface area contributed by atoms with E-state index in [1.54, 1.807) is 0 Å². The number of hydrogen-bond acceptors (Lipinski definition) is 4. The second-order valence-corrected chi connectivity index (χ2v) is 9.14. The van der Waals surface area contributed by atoms with Crippen molar-refractivity contribution in [3.05, 3.63) is 0 Å². The standard InChI is InChI=1S/C16H31N3O3S/c1-14-6-3-9-18(12-14)10-5-8-17-16(20)15-7-4-11-19(13-15)23(2,21)22/h14-15H,3-13H2,1-2H3,(H,17,20)/t14-,15+/m1/s1. The maximum atomic E-state index is 12.2. The first kappa shape index (κ1) is 18.7. The Kier molecular flexibility index (Phi) is 6.85. The van der Waals surface area contributed by atoms with Crippen LogP contribution in [0.25, 0.3) is 0 Å². The van der Waals surface area contributed by atoms with Gasteiger partial charge in [-0.1, -0.05) is 6.92 Å². The Morgan fingerprint density at radius 1 is 1.17 bits per heavy atom. The first-order valence-corrected chi connectivity index (χ1v) is 10.7. The van der Waals surface area contributed by atoms with Gasteiger partial charge >= 0.3 is 0 Å². The van der Waals surface area contributed by atoms with E-state index < -0.39 is 10.0 Å². The van der Waals surface area contributed by atoms with E-state index in [9.17, 15) is 13.2 Å². The smallest absolute Gasteiger partial charge is 0.224 e. The minimum atomic E-state index is -3.19. The Balaban J connectivity index is 1.66. The fourth-order valence-corrected chi connectivity index (χ4v) is 4.52. The maximum absolute atomic E-state index is 12.2. The topological polar surface area (TPSA) is 69.7 Å². The van der Waals surface area contributed by atoms with E-state index in [0.29, 0.717) is 19.6 Å². The zero-order valence-electron chi connectivity index (χ0n) is 14.5. The average molecular weight is 346 g/mol. The quantitative estimate of drug-likeness (QED) is 0.726. The van der Waals surface area contributed by atoms with Crippen molar-refractivity contribution in [2.24, 2.45) is 11.8 Å². The fourth-order valence-electron chi connectivity index (χ4n) is 3.61. The molecule has 2 saturated heterocycles. The molecule has 0 unspecified atom stereocenters. The Labute approximate surface area is 140 Å². The largest absolute Gasteiger partial charge is 0.356 e. The molecule has 0 bridgehead atoms. The molecule has 0 radical (unpaired) electrons. The monoisotopic (exact) mass is 345 g/mol. The highest BCUT2D eigenvalue weighted by Gasteiger charge is 2.29. The van der Waals surface area contributed by atoms with E-state index in [4.69, 9.17) is 0 Å². The third-order valence-corrected chi connectivity index (χ3v) is 6.19. The van der Waals surface area contributed by atoms with Gasteiger partial charge in [0, 0.05) is 26.2 Å². The summed E-state index contributed by atoms with van der Waals surface area (Å²) in [5, 5.41) is 2.99. The van der Waals surface area contributed by atoms with Crippen LogP contribution in [0.3, 0.4) is 0 Å². The highest BCUT2D eigenvalue weighted by molar-refractivity contribution is 7.88. The van der Waals surface area contributed by atoms with E-state index in [-0.39, 0.29) is 11.8 Å². The Hall–Kier alpha value is -0.660. The lowest BCUT2D eigenvalue weighted by Gasteiger charge is -2.31.